The number of benzene rings is 1. The Labute approximate surface area is 126 Å². The first-order chi connectivity index (χ1) is 9.83. The van der Waals surface area contributed by atoms with Gasteiger partial charge in [0, 0.05) is 16.6 Å². The monoisotopic (exact) mass is 330 g/mol. The number of aliphatic hydroxyl groups is 1. The van der Waals surface area contributed by atoms with Crippen molar-refractivity contribution in [1.82, 2.24) is 9.71 Å². The summed E-state index contributed by atoms with van der Waals surface area (Å²) in [4.78, 5) is 4.99. The van der Waals surface area contributed by atoms with Gasteiger partial charge < -0.3 is 5.11 Å². The SMILES string of the molecule is Cc1cnc(CNS(=O)(=O)c2cc(C)c(F)c(CO)c2)s1. The minimum Gasteiger partial charge on any atom is -0.392 e. The normalized spacial score (nSPS) is 11.8. The van der Waals surface area contributed by atoms with Crippen molar-refractivity contribution in [2.45, 2.75) is 31.9 Å². The molecule has 114 valence electrons. The first-order valence-corrected chi connectivity index (χ1v) is 8.44. The number of hydrogen-bond donors (Lipinski definition) is 2. The molecule has 0 aliphatic carbocycles. The second-order valence-corrected chi connectivity index (χ2v) is 7.65. The summed E-state index contributed by atoms with van der Waals surface area (Å²) < 4.78 is 40.5. The van der Waals surface area contributed by atoms with Gasteiger partial charge in [-0.1, -0.05) is 0 Å². The molecule has 21 heavy (non-hydrogen) atoms. The average Bonchev–Trinajstić information content (AvgIpc) is 2.85. The predicted molar refractivity (Wildman–Crippen MR) is 77.9 cm³/mol. The molecular weight excluding hydrogens is 315 g/mol. The maximum atomic E-state index is 13.6. The molecule has 0 saturated carbocycles. The van der Waals surface area contributed by atoms with Crippen molar-refractivity contribution >= 4 is 21.4 Å². The first kappa shape index (κ1) is 16.0. The van der Waals surface area contributed by atoms with E-state index in [9.17, 15) is 12.8 Å². The van der Waals surface area contributed by atoms with Gasteiger partial charge in [0.05, 0.1) is 18.0 Å². The van der Waals surface area contributed by atoms with Crippen molar-refractivity contribution < 1.29 is 17.9 Å². The molecule has 0 fully saturated rings. The lowest BCUT2D eigenvalue weighted by atomic mass is 10.1. The fraction of sp³-hybridized carbons (Fsp3) is 0.308. The van der Waals surface area contributed by atoms with Crippen LogP contribution in [-0.4, -0.2) is 18.5 Å². The zero-order chi connectivity index (χ0) is 15.6. The Morgan fingerprint density at radius 2 is 2.10 bits per heavy atom. The lowest BCUT2D eigenvalue weighted by molar-refractivity contribution is 0.275. The third kappa shape index (κ3) is 3.65. The fourth-order valence-electron chi connectivity index (χ4n) is 1.80. The van der Waals surface area contributed by atoms with Gasteiger partial charge in [0.15, 0.2) is 0 Å². The van der Waals surface area contributed by atoms with E-state index in [1.807, 2.05) is 6.92 Å². The largest absolute Gasteiger partial charge is 0.392 e. The third-order valence-electron chi connectivity index (χ3n) is 2.87. The van der Waals surface area contributed by atoms with Crippen LogP contribution in [0.25, 0.3) is 0 Å². The lowest BCUT2D eigenvalue weighted by Crippen LogP contribution is -2.23. The summed E-state index contributed by atoms with van der Waals surface area (Å²) in [7, 11) is -3.78. The van der Waals surface area contributed by atoms with Crippen LogP contribution in [0.4, 0.5) is 4.39 Å². The Bertz CT molecular complexity index is 757. The molecule has 0 atom stereocenters. The zero-order valence-electron chi connectivity index (χ0n) is 11.6. The van der Waals surface area contributed by atoms with Crippen molar-refractivity contribution in [3.63, 3.8) is 0 Å². The van der Waals surface area contributed by atoms with Crippen LogP contribution in [0.1, 0.15) is 21.0 Å². The maximum Gasteiger partial charge on any atom is 0.240 e. The summed E-state index contributed by atoms with van der Waals surface area (Å²) in [5.41, 5.74) is 0.132. The third-order valence-corrected chi connectivity index (χ3v) is 5.16. The van der Waals surface area contributed by atoms with E-state index >= 15 is 0 Å². The first-order valence-electron chi connectivity index (χ1n) is 6.14. The molecule has 2 rings (SSSR count). The number of hydrogen-bond acceptors (Lipinski definition) is 5. The standard InChI is InChI=1S/C13H15FN2O3S2/c1-8-3-11(4-10(7-17)13(8)14)21(18,19)16-6-12-15-5-9(2)20-12/h3-5,16-17H,6-7H2,1-2H3. The molecule has 0 bridgehead atoms. The summed E-state index contributed by atoms with van der Waals surface area (Å²) in [6.07, 6.45) is 1.67. The molecule has 2 aromatic rings. The second kappa shape index (κ2) is 6.18. The maximum absolute atomic E-state index is 13.6. The lowest BCUT2D eigenvalue weighted by Gasteiger charge is -2.09. The van der Waals surface area contributed by atoms with E-state index in [2.05, 4.69) is 9.71 Å². The van der Waals surface area contributed by atoms with Gasteiger partial charge in [-0.25, -0.2) is 22.5 Å². The molecular formula is C13H15FN2O3S2. The van der Waals surface area contributed by atoms with Gasteiger partial charge in [-0.2, -0.15) is 0 Å². The molecule has 0 aliphatic rings. The molecule has 0 aliphatic heterocycles. The number of aryl methyl sites for hydroxylation is 2. The highest BCUT2D eigenvalue weighted by Crippen LogP contribution is 2.20. The van der Waals surface area contributed by atoms with Crippen LogP contribution >= 0.6 is 11.3 Å². The highest BCUT2D eigenvalue weighted by Gasteiger charge is 2.18. The summed E-state index contributed by atoms with van der Waals surface area (Å²) in [6.45, 7) is 2.86. The number of nitrogens with zero attached hydrogens (tertiary/aromatic N) is 1. The van der Waals surface area contributed by atoms with Gasteiger partial charge in [0.1, 0.15) is 10.8 Å². The Morgan fingerprint density at radius 1 is 1.38 bits per heavy atom. The molecule has 8 heteroatoms. The summed E-state index contributed by atoms with van der Waals surface area (Å²) in [5, 5.41) is 9.73. The highest BCUT2D eigenvalue weighted by molar-refractivity contribution is 7.89. The van der Waals surface area contributed by atoms with Gasteiger partial charge in [-0.3, -0.25) is 0 Å². The van der Waals surface area contributed by atoms with Gasteiger partial charge in [-0.05, 0) is 31.5 Å². The molecule has 1 heterocycles. The molecule has 0 amide bonds. The Morgan fingerprint density at radius 3 is 2.67 bits per heavy atom. The number of aliphatic hydroxyl groups excluding tert-OH is 1. The van der Waals surface area contributed by atoms with Gasteiger partial charge in [0.25, 0.3) is 0 Å². The van der Waals surface area contributed by atoms with Crippen molar-refractivity contribution in [3.8, 4) is 0 Å². The van der Waals surface area contributed by atoms with Crippen molar-refractivity contribution in [2.24, 2.45) is 0 Å². The topological polar surface area (TPSA) is 79.3 Å². The number of nitrogens with one attached hydrogen (secondary N) is 1. The van der Waals surface area contributed by atoms with E-state index in [1.165, 1.54) is 24.3 Å². The summed E-state index contributed by atoms with van der Waals surface area (Å²) >= 11 is 1.40. The molecule has 5 nitrogen and oxygen atoms in total. The molecule has 0 saturated heterocycles. The highest BCUT2D eigenvalue weighted by atomic mass is 32.2. The van der Waals surface area contributed by atoms with Gasteiger partial charge in [-0.15, -0.1) is 11.3 Å². The van der Waals surface area contributed by atoms with Crippen LogP contribution in [0.5, 0.6) is 0 Å². The molecule has 2 N–H and O–H groups in total. The van der Waals surface area contributed by atoms with Gasteiger partial charge in [0.2, 0.25) is 10.0 Å². The summed E-state index contributed by atoms with van der Waals surface area (Å²) in [6, 6.07) is 2.38. The van der Waals surface area contributed by atoms with E-state index in [-0.39, 0.29) is 22.6 Å². The smallest absolute Gasteiger partial charge is 0.240 e. The van der Waals surface area contributed by atoms with Crippen molar-refractivity contribution in [1.29, 1.82) is 0 Å². The average molecular weight is 330 g/mol. The van der Waals surface area contributed by atoms with E-state index in [0.29, 0.717) is 5.01 Å². The van der Waals surface area contributed by atoms with E-state index in [0.717, 1.165) is 10.9 Å². The molecule has 0 spiro atoms. The van der Waals surface area contributed by atoms with Crippen LogP contribution in [0.15, 0.2) is 23.2 Å². The van der Waals surface area contributed by atoms with Crippen LogP contribution in [0.2, 0.25) is 0 Å². The predicted octanol–water partition coefficient (Wildman–Crippen LogP) is 1.87. The number of thiazole rings is 1. The quantitative estimate of drug-likeness (QED) is 0.877. The van der Waals surface area contributed by atoms with Crippen molar-refractivity contribution in [2.75, 3.05) is 0 Å². The Hall–Kier alpha value is -1.35. The number of sulfonamides is 1. The zero-order valence-corrected chi connectivity index (χ0v) is 13.2. The molecule has 0 radical (unpaired) electrons. The fourth-order valence-corrected chi connectivity index (χ4v) is 3.74. The second-order valence-electron chi connectivity index (χ2n) is 4.56. The minimum absolute atomic E-state index is 0.0412. The van der Waals surface area contributed by atoms with Crippen LogP contribution in [-0.2, 0) is 23.2 Å². The molecule has 1 aromatic carbocycles. The number of rotatable bonds is 5. The minimum atomic E-state index is -3.78. The van der Waals surface area contributed by atoms with E-state index in [4.69, 9.17) is 5.11 Å². The van der Waals surface area contributed by atoms with Crippen molar-refractivity contribution in [3.05, 3.63) is 45.2 Å². The number of aromatic nitrogens is 1. The van der Waals surface area contributed by atoms with Gasteiger partial charge >= 0.3 is 0 Å². The van der Waals surface area contributed by atoms with Crippen LogP contribution < -0.4 is 4.72 Å². The molecule has 1 aromatic heterocycles. The number of halogens is 1. The Kier molecular flexibility index (Phi) is 4.72. The van der Waals surface area contributed by atoms with E-state index in [1.54, 1.807) is 6.20 Å². The summed E-state index contributed by atoms with van der Waals surface area (Å²) in [5.74, 6) is -0.591. The molecule has 0 unspecified atom stereocenters. The van der Waals surface area contributed by atoms with Crippen LogP contribution in [0, 0.1) is 19.7 Å². The van der Waals surface area contributed by atoms with Crippen LogP contribution in [0.3, 0.4) is 0 Å². The Balaban J connectivity index is 2.25. The van der Waals surface area contributed by atoms with E-state index < -0.39 is 22.4 Å².